The molecule has 8 nitrogen and oxygen atoms in total. The van der Waals surface area contributed by atoms with Gasteiger partial charge in [0.1, 0.15) is 5.82 Å². The Hall–Kier alpha value is -2.50. The normalized spacial score (nSPS) is 19.8. The fourth-order valence-corrected chi connectivity index (χ4v) is 8.01. The Morgan fingerprint density at radius 3 is 2.47 bits per heavy atom. The van der Waals surface area contributed by atoms with Crippen molar-refractivity contribution in [3.63, 3.8) is 0 Å². The van der Waals surface area contributed by atoms with Crippen LogP contribution < -0.4 is 10.6 Å². The van der Waals surface area contributed by atoms with Crippen LogP contribution in [0.2, 0.25) is 0 Å². The molecular formula is C27H31BrN4O4S2. The van der Waals surface area contributed by atoms with Gasteiger partial charge in [-0.25, -0.2) is 23.2 Å². The highest BCUT2D eigenvalue weighted by Gasteiger charge is 2.39. The largest absolute Gasteiger partial charge is 0.447 e. The van der Waals surface area contributed by atoms with E-state index in [1.165, 1.54) is 0 Å². The third kappa shape index (κ3) is 6.38. The first kappa shape index (κ1) is 27.1. The van der Waals surface area contributed by atoms with Crippen molar-refractivity contribution in [2.75, 3.05) is 5.32 Å². The lowest BCUT2D eigenvalue weighted by Crippen LogP contribution is -2.38. The highest BCUT2D eigenvalue weighted by atomic mass is 79.9. The standard InChI is InChI=1S/C27H31BrN4O4S2/c1-16(2)36-27(33)32-19-6-3-17(4-7-19)26-30-15-23(37-26)22-11-8-20(31-25-12-5-18(28)14-29-25)13-24(22)38(34,35)21-9-10-21/h5,8,11-17,19,21H,3-4,6-7,9-10H2,1-2H3,(H,29,31)(H,32,33). The second-order valence-corrected chi connectivity index (χ2v) is 14.3. The molecule has 2 heterocycles. The lowest BCUT2D eigenvalue weighted by Gasteiger charge is -2.28. The fraction of sp³-hybridized carbons (Fsp3) is 0.444. The van der Waals surface area contributed by atoms with Crippen LogP contribution in [0, 0.1) is 0 Å². The molecule has 0 bridgehead atoms. The number of alkyl carbamates (subject to hydrolysis) is 1. The van der Waals surface area contributed by atoms with Gasteiger partial charge in [-0.15, -0.1) is 11.3 Å². The van der Waals surface area contributed by atoms with Gasteiger partial charge in [-0.3, -0.25) is 0 Å². The zero-order valence-electron chi connectivity index (χ0n) is 21.3. The number of hydrogen-bond donors (Lipinski definition) is 2. The average molecular weight is 620 g/mol. The molecule has 2 saturated carbocycles. The molecule has 202 valence electrons. The number of benzene rings is 1. The van der Waals surface area contributed by atoms with Crippen LogP contribution in [0.1, 0.15) is 63.3 Å². The molecular weight excluding hydrogens is 588 g/mol. The van der Waals surface area contributed by atoms with Gasteiger partial charge in [0.2, 0.25) is 0 Å². The Bertz CT molecular complexity index is 1400. The van der Waals surface area contributed by atoms with E-state index in [0.29, 0.717) is 40.7 Å². The molecule has 0 spiro atoms. The Labute approximate surface area is 235 Å². The number of nitrogens with zero attached hydrogens (tertiary/aromatic N) is 2. The average Bonchev–Trinajstić information content (AvgIpc) is 3.64. The minimum absolute atomic E-state index is 0.104. The summed E-state index contributed by atoms with van der Waals surface area (Å²) in [7, 11) is -3.45. The maximum atomic E-state index is 13.4. The van der Waals surface area contributed by atoms with Gasteiger partial charge in [-0.05, 0) is 92.6 Å². The topological polar surface area (TPSA) is 110 Å². The Morgan fingerprint density at radius 1 is 1.05 bits per heavy atom. The predicted octanol–water partition coefficient (Wildman–Crippen LogP) is 6.81. The molecule has 0 saturated heterocycles. The number of nitrogens with one attached hydrogen (secondary N) is 2. The number of thiazole rings is 1. The van der Waals surface area contributed by atoms with Gasteiger partial charge in [0.15, 0.2) is 9.84 Å². The van der Waals surface area contributed by atoms with Crippen molar-refractivity contribution < 1.29 is 17.9 Å². The second-order valence-electron chi connectivity index (χ2n) is 10.2. The number of pyridine rings is 1. The van der Waals surface area contributed by atoms with E-state index in [0.717, 1.165) is 40.0 Å². The first-order valence-corrected chi connectivity index (χ1v) is 16.0. The number of carbonyl (C=O) groups is 1. The highest BCUT2D eigenvalue weighted by Crippen LogP contribution is 2.43. The molecule has 1 aromatic carbocycles. The van der Waals surface area contributed by atoms with Gasteiger partial charge >= 0.3 is 6.09 Å². The summed E-state index contributed by atoms with van der Waals surface area (Å²) in [5.41, 5.74) is 1.37. The number of ether oxygens (including phenoxy) is 1. The summed E-state index contributed by atoms with van der Waals surface area (Å²) in [6.07, 6.45) is 7.93. The summed E-state index contributed by atoms with van der Waals surface area (Å²) in [5, 5.41) is 6.87. The zero-order chi connectivity index (χ0) is 26.9. The lowest BCUT2D eigenvalue weighted by molar-refractivity contribution is 0.109. The Balaban J connectivity index is 1.33. The molecule has 2 aliphatic rings. The smallest absolute Gasteiger partial charge is 0.407 e. The van der Waals surface area contributed by atoms with E-state index in [1.807, 2.05) is 38.1 Å². The molecule has 2 aromatic heterocycles. The first-order valence-electron chi connectivity index (χ1n) is 12.9. The summed E-state index contributed by atoms with van der Waals surface area (Å²) < 4.78 is 32.9. The molecule has 2 fully saturated rings. The van der Waals surface area contributed by atoms with Gasteiger partial charge < -0.3 is 15.4 Å². The minimum Gasteiger partial charge on any atom is -0.447 e. The van der Waals surface area contributed by atoms with Crippen molar-refractivity contribution in [2.24, 2.45) is 0 Å². The van der Waals surface area contributed by atoms with Crippen LogP contribution in [0.25, 0.3) is 10.4 Å². The second kappa shape index (κ2) is 11.3. The fourth-order valence-electron chi connectivity index (χ4n) is 4.69. The van der Waals surface area contributed by atoms with Crippen molar-refractivity contribution in [3.05, 3.63) is 52.2 Å². The van der Waals surface area contributed by atoms with Crippen LogP contribution in [0.3, 0.4) is 0 Å². The van der Waals surface area contributed by atoms with Crippen molar-refractivity contribution in [1.29, 1.82) is 0 Å². The third-order valence-electron chi connectivity index (χ3n) is 6.78. The SMILES string of the molecule is CC(C)OC(=O)NC1CCC(c2ncc(-c3ccc(Nc4ccc(Br)cn4)cc3S(=O)(=O)C3CC3)s2)CC1. The van der Waals surface area contributed by atoms with E-state index in [-0.39, 0.29) is 23.5 Å². The van der Waals surface area contributed by atoms with Gasteiger partial charge in [-0.1, -0.05) is 6.07 Å². The first-order chi connectivity index (χ1) is 18.2. The molecule has 0 aliphatic heterocycles. The monoisotopic (exact) mass is 618 g/mol. The van der Waals surface area contributed by atoms with Gasteiger partial charge in [0.25, 0.3) is 0 Å². The number of hydrogen-bond acceptors (Lipinski definition) is 8. The van der Waals surface area contributed by atoms with E-state index in [4.69, 9.17) is 9.72 Å². The molecule has 0 unspecified atom stereocenters. The maximum absolute atomic E-state index is 13.4. The number of amides is 1. The zero-order valence-corrected chi connectivity index (χ0v) is 24.5. The molecule has 38 heavy (non-hydrogen) atoms. The van der Waals surface area contributed by atoms with Crippen molar-refractivity contribution in [1.82, 2.24) is 15.3 Å². The number of halogens is 1. The van der Waals surface area contributed by atoms with Crippen molar-refractivity contribution in [3.8, 4) is 10.4 Å². The van der Waals surface area contributed by atoms with Gasteiger partial charge in [-0.2, -0.15) is 0 Å². The quantitative estimate of drug-likeness (QED) is 0.285. The van der Waals surface area contributed by atoms with Crippen LogP contribution >= 0.6 is 27.3 Å². The summed E-state index contributed by atoms with van der Waals surface area (Å²) in [5.74, 6) is 0.930. The number of rotatable bonds is 8. The number of sulfone groups is 1. The minimum atomic E-state index is -3.45. The van der Waals surface area contributed by atoms with Crippen molar-refractivity contribution >= 4 is 54.7 Å². The van der Waals surface area contributed by atoms with E-state index >= 15 is 0 Å². The molecule has 1 amide bonds. The lowest BCUT2D eigenvalue weighted by atomic mass is 9.86. The Morgan fingerprint density at radius 2 is 1.82 bits per heavy atom. The predicted molar refractivity (Wildman–Crippen MR) is 153 cm³/mol. The van der Waals surface area contributed by atoms with E-state index in [2.05, 4.69) is 31.5 Å². The number of aromatic nitrogens is 2. The van der Waals surface area contributed by atoms with E-state index < -0.39 is 9.84 Å². The van der Waals surface area contributed by atoms with E-state index in [9.17, 15) is 13.2 Å². The Kier molecular flexibility index (Phi) is 8.06. The molecule has 3 aromatic rings. The molecule has 2 aliphatic carbocycles. The summed E-state index contributed by atoms with van der Waals surface area (Å²) in [6, 6.07) is 9.30. The summed E-state index contributed by atoms with van der Waals surface area (Å²) >= 11 is 4.95. The number of anilines is 2. The summed E-state index contributed by atoms with van der Waals surface area (Å²) in [4.78, 5) is 22.2. The maximum Gasteiger partial charge on any atom is 0.407 e. The summed E-state index contributed by atoms with van der Waals surface area (Å²) in [6.45, 7) is 3.67. The van der Waals surface area contributed by atoms with Gasteiger partial charge in [0, 0.05) is 40.1 Å². The van der Waals surface area contributed by atoms with E-state index in [1.54, 1.807) is 29.8 Å². The van der Waals surface area contributed by atoms with Crippen LogP contribution in [0.15, 0.2) is 52.1 Å². The molecule has 0 radical (unpaired) electrons. The molecule has 0 atom stereocenters. The third-order valence-corrected chi connectivity index (χ3v) is 10.7. The van der Waals surface area contributed by atoms with Crippen molar-refractivity contribution in [2.45, 2.75) is 80.6 Å². The molecule has 2 N–H and O–H groups in total. The number of carbonyl (C=O) groups excluding carboxylic acids is 1. The highest BCUT2D eigenvalue weighted by molar-refractivity contribution is 9.10. The van der Waals surface area contributed by atoms with Gasteiger partial charge in [0.05, 0.1) is 26.1 Å². The molecule has 5 rings (SSSR count). The molecule has 11 heteroatoms. The van der Waals surface area contributed by atoms with Crippen LogP contribution in [0.4, 0.5) is 16.3 Å². The van der Waals surface area contributed by atoms with Crippen LogP contribution in [0.5, 0.6) is 0 Å². The van der Waals surface area contributed by atoms with Crippen LogP contribution in [-0.2, 0) is 14.6 Å². The van der Waals surface area contributed by atoms with Crippen LogP contribution in [-0.4, -0.2) is 41.9 Å².